The van der Waals surface area contributed by atoms with E-state index in [-0.39, 0.29) is 16.6 Å². The number of nitrogens with zero attached hydrogens (tertiary/aromatic N) is 4. The Hall–Kier alpha value is -3.85. The standard InChI is InChI=1S/C34H39N5O3S/c1-7-32(3,4)22-17-18-27(26(19-22)33(5,6)8-2)42-30(31(35)41)24-16-12-15-23-25(24)20-28(29(23)40)43-34(36-38-39-37-34)21-13-10-9-11-14-21/h9-19,28,30H,7-8,20H2,1-6H3,(H2,35,41). The third kappa shape index (κ3) is 5.75. The fourth-order valence-electron chi connectivity index (χ4n) is 5.50. The molecular formula is C34H39N5O3S. The molecule has 0 spiro atoms. The highest BCUT2D eigenvalue weighted by molar-refractivity contribution is 8.01. The van der Waals surface area contributed by atoms with Gasteiger partial charge in [-0.15, -0.1) is 10.2 Å². The fraction of sp³-hybridized carbons (Fsp3) is 0.412. The highest BCUT2D eigenvalue weighted by atomic mass is 32.2. The second kappa shape index (κ2) is 11.7. The van der Waals surface area contributed by atoms with Crippen LogP contribution in [0.2, 0.25) is 0 Å². The summed E-state index contributed by atoms with van der Waals surface area (Å²) in [6.07, 6.45) is 1.17. The lowest BCUT2D eigenvalue weighted by molar-refractivity contribution is -0.125. The highest BCUT2D eigenvalue weighted by Gasteiger charge is 2.45. The maximum absolute atomic E-state index is 13.7. The number of ether oxygens (including phenoxy) is 1. The van der Waals surface area contributed by atoms with Gasteiger partial charge in [0.2, 0.25) is 6.10 Å². The molecule has 9 heteroatoms. The van der Waals surface area contributed by atoms with Crippen LogP contribution >= 0.6 is 11.8 Å². The van der Waals surface area contributed by atoms with E-state index in [9.17, 15) is 9.59 Å². The first-order chi connectivity index (χ1) is 20.4. The summed E-state index contributed by atoms with van der Waals surface area (Å²) in [5.41, 5.74) is 10.7. The van der Waals surface area contributed by atoms with Gasteiger partial charge in [0.25, 0.3) is 10.9 Å². The van der Waals surface area contributed by atoms with Crippen molar-refractivity contribution in [1.82, 2.24) is 0 Å². The van der Waals surface area contributed by atoms with Crippen LogP contribution < -0.4 is 10.5 Å². The van der Waals surface area contributed by atoms with Crippen molar-refractivity contribution in [2.45, 2.75) is 88.0 Å². The van der Waals surface area contributed by atoms with Crippen LogP contribution in [0.1, 0.15) is 98.7 Å². The van der Waals surface area contributed by atoms with Crippen molar-refractivity contribution in [3.8, 4) is 5.75 Å². The Morgan fingerprint density at radius 2 is 1.65 bits per heavy atom. The highest BCUT2D eigenvalue weighted by Crippen LogP contribution is 2.49. The quantitative estimate of drug-likeness (QED) is 0.240. The van der Waals surface area contributed by atoms with Gasteiger partial charge < -0.3 is 10.5 Å². The van der Waals surface area contributed by atoms with E-state index < -0.39 is 22.3 Å². The van der Waals surface area contributed by atoms with E-state index in [1.54, 1.807) is 12.1 Å². The number of hydrogen-bond donors (Lipinski definition) is 1. The number of carbonyl (C=O) groups is 2. The summed E-state index contributed by atoms with van der Waals surface area (Å²) in [4.78, 5) is 25.6. The Bertz CT molecular complexity index is 1590. The molecule has 43 heavy (non-hydrogen) atoms. The number of thioether (sulfide) groups is 1. The van der Waals surface area contributed by atoms with Gasteiger partial charge in [-0.1, -0.05) is 114 Å². The van der Waals surface area contributed by atoms with Gasteiger partial charge >= 0.3 is 0 Å². The molecule has 224 valence electrons. The molecule has 3 aromatic carbocycles. The minimum Gasteiger partial charge on any atom is -0.476 e. The Morgan fingerprint density at radius 1 is 0.977 bits per heavy atom. The maximum Gasteiger partial charge on any atom is 0.266 e. The Morgan fingerprint density at radius 3 is 2.28 bits per heavy atom. The molecule has 2 aliphatic rings. The molecule has 1 heterocycles. The summed E-state index contributed by atoms with van der Waals surface area (Å²) < 4.78 is 6.54. The van der Waals surface area contributed by atoms with Gasteiger partial charge in [0.15, 0.2) is 5.78 Å². The first-order valence-corrected chi connectivity index (χ1v) is 15.6. The maximum atomic E-state index is 13.7. The minimum atomic E-state index is -1.14. The topological polar surface area (TPSA) is 119 Å². The number of carbonyl (C=O) groups excluding carboxylic acids is 2. The number of primary amides is 1. The number of benzene rings is 3. The van der Waals surface area contributed by atoms with Crippen LogP contribution in [0.5, 0.6) is 5.75 Å². The van der Waals surface area contributed by atoms with Crippen molar-refractivity contribution >= 4 is 23.5 Å². The summed E-state index contributed by atoms with van der Waals surface area (Å²) in [7, 11) is 0. The number of ketones is 1. The molecular weight excluding hydrogens is 558 g/mol. The van der Waals surface area contributed by atoms with Gasteiger partial charge in [0.1, 0.15) is 5.75 Å². The van der Waals surface area contributed by atoms with Crippen LogP contribution in [0.4, 0.5) is 0 Å². The summed E-state index contributed by atoms with van der Waals surface area (Å²) in [6, 6.07) is 21.1. The lowest BCUT2D eigenvalue weighted by Gasteiger charge is -2.31. The molecule has 1 aliphatic heterocycles. The Kier molecular flexibility index (Phi) is 8.31. The number of fused-ring (bicyclic) bond motifs is 1. The van der Waals surface area contributed by atoms with Gasteiger partial charge in [-0.05, 0) is 57.7 Å². The van der Waals surface area contributed by atoms with E-state index in [2.05, 4.69) is 74.4 Å². The zero-order valence-electron chi connectivity index (χ0n) is 25.6. The average molecular weight is 598 g/mol. The van der Waals surface area contributed by atoms with Crippen molar-refractivity contribution < 1.29 is 14.3 Å². The molecule has 3 aromatic rings. The van der Waals surface area contributed by atoms with E-state index in [1.165, 1.54) is 17.3 Å². The molecule has 0 fully saturated rings. The molecule has 0 saturated carbocycles. The first-order valence-electron chi connectivity index (χ1n) is 14.8. The zero-order chi connectivity index (χ0) is 31.0. The molecule has 1 aliphatic carbocycles. The molecule has 2 N–H and O–H groups in total. The van der Waals surface area contributed by atoms with Crippen LogP contribution in [-0.4, -0.2) is 16.9 Å². The summed E-state index contributed by atoms with van der Waals surface area (Å²) in [5, 5.41) is 15.7. The number of nitrogens with two attached hydrogens (primary N) is 1. The molecule has 0 bridgehead atoms. The lowest BCUT2D eigenvalue weighted by atomic mass is 9.76. The Labute approximate surface area is 257 Å². The number of rotatable bonds is 11. The first kappa shape index (κ1) is 30.6. The van der Waals surface area contributed by atoms with E-state index in [0.29, 0.717) is 23.3 Å². The average Bonchev–Trinajstić information content (AvgIpc) is 3.61. The van der Waals surface area contributed by atoms with Gasteiger partial charge in [-0.3, -0.25) is 9.59 Å². The number of amides is 1. The van der Waals surface area contributed by atoms with Crippen LogP contribution in [-0.2, 0) is 27.0 Å². The van der Waals surface area contributed by atoms with E-state index in [4.69, 9.17) is 10.5 Å². The molecule has 2 unspecified atom stereocenters. The molecule has 0 radical (unpaired) electrons. The normalized spacial score (nSPS) is 18.1. The van der Waals surface area contributed by atoms with Crippen LogP contribution in [0.3, 0.4) is 0 Å². The molecule has 1 amide bonds. The van der Waals surface area contributed by atoms with E-state index in [1.807, 2.05) is 42.5 Å². The Balaban J connectivity index is 1.50. The van der Waals surface area contributed by atoms with Crippen LogP contribution in [0.15, 0.2) is 87.4 Å². The zero-order valence-corrected chi connectivity index (χ0v) is 26.4. The van der Waals surface area contributed by atoms with Gasteiger partial charge in [0.05, 0.1) is 5.25 Å². The van der Waals surface area contributed by atoms with Gasteiger partial charge in [-0.25, -0.2) is 0 Å². The third-order valence-electron chi connectivity index (χ3n) is 9.06. The van der Waals surface area contributed by atoms with Crippen LogP contribution in [0.25, 0.3) is 0 Å². The van der Waals surface area contributed by atoms with Gasteiger partial charge in [0, 0.05) is 22.3 Å². The largest absolute Gasteiger partial charge is 0.476 e. The second-order valence-electron chi connectivity index (χ2n) is 12.5. The SMILES string of the molecule is CCC(C)(C)c1ccc(OC(C(N)=O)c2cccc3c2CC(SC2(c4ccccc4)N=NN=N2)C3=O)c(C(C)(C)CC)c1. The predicted octanol–water partition coefficient (Wildman–Crippen LogP) is 8.15. The predicted molar refractivity (Wildman–Crippen MR) is 169 cm³/mol. The van der Waals surface area contributed by atoms with Crippen molar-refractivity contribution in [3.05, 3.63) is 100 Å². The van der Waals surface area contributed by atoms with E-state index >= 15 is 0 Å². The summed E-state index contributed by atoms with van der Waals surface area (Å²) in [5.74, 6) is -0.0556. The second-order valence-corrected chi connectivity index (χ2v) is 13.9. The van der Waals surface area contributed by atoms with Crippen molar-refractivity contribution in [3.63, 3.8) is 0 Å². The molecule has 0 aromatic heterocycles. The van der Waals surface area contributed by atoms with Crippen molar-refractivity contribution in [2.75, 3.05) is 0 Å². The molecule has 0 saturated heterocycles. The molecule has 2 atom stereocenters. The third-order valence-corrected chi connectivity index (χ3v) is 10.5. The molecule has 5 rings (SSSR count). The van der Waals surface area contributed by atoms with Crippen LogP contribution in [0, 0.1) is 0 Å². The number of hydrogen-bond acceptors (Lipinski definition) is 8. The summed E-state index contributed by atoms with van der Waals surface area (Å²) >= 11 is 1.30. The lowest BCUT2D eigenvalue weighted by Crippen LogP contribution is -2.29. The van der Waals surface area contributed by atoms with E-state index in [0.717, 1.165) is 29.5 Å². The summed E-state index contributed by atoms with van der Waals surface area (Å²) in [6.45, 7) is 13.1. The minimum absolute atomic E-state index is 0.0109. The monoisotopic (exact) mass is 597 g/mol. The van der Waals surface area contributed by atoms with Gasteiger partial charge in [-0.2, -0.15) is 0 Å². The van der Waals surface area contributed by atoms with Crippen molar-refractivity contribution in [1.29, 1.82) is 0 Å². The fourth-order valence-corrected chi connectivity index (χ4v) is 6.82. The smallest absolute Gasteiger partial charge is 0.266 e. The van der Waals surface area contributed by atoms with Crippen molar-refractivity contribution in [2.24, 2.45) is 26.4 Å². The number of Topliss-reactive ketones (excluding diaryl/α,β-unsaturated/α-hetero) is 1. The molecule has 8 nitrogen and oxygen atoms in total.